The minimum atomic E-state index is 0.0305. The second-order valence-corrected chi connectivity index (χ2v) is 5.62. The van der Waals surface area contributed by atoms with Crippen molar-refractivity contribution >= 4 is 11.8 Å². The summed E-state index contributed by atoms with van der Waals surface area (Å²) in [6, 6.07) is 10.6. The number of nitrogens with two attached hydrogens (primary N) is 1. The van der Waals surface area contributed by atoms with Gasteiger partial charge in [-0.3, -0.25) is 4.98 Å². The van der Waals surface area contributed by atoms with Crippen molar-refractivity contribution in [3.8, 4) is 0 Å². The monoisotopic (exact) mass is 258 g/mol. The number of pyridine rings is 1. The predicted molar refractivity (Wildman–Crippen MR) is 77.8 cm³/mol. The molecule has 94 valence electrons. The lowest BCUT2D eigenvalue weighted by Gasteiger charge is -2.12. The molecule has 0 aliphatic heterocycles. The normalized spacial score (nSPS) is 12.4. The summed E-state index contributed by atoms with van der Waals surface area (Å²) >= 11 is 1.79. The summed E-state index contributed by atoms with van der Waals surface area (Å²) in [6.07, 6.45) is 3.71. The Bertz CT molecular complexity index is 525. The lowest BCUT2D eigenvalue weighted by atomic mass is 10.1. The van der Waals surface area contributed by atoms with Crippen molar-refractivity contribution in [1.82, 2.24) is 4.98 Å². The molecular formula is C15H18N2S. The van der Waals surface area contributed by atoms with Crippen LogP contribution in [0.1, 0.15) is 22.7 Å². The standard InChI is InChI=1S/C15H18N2S/c1-11-4-3-5-14(7-11)18-10-15(16)13-6-12(2)8-17-9-13/h3-9,15H,10,16H2,1-2H3. The van der Waals surface area contributed by atoms with Gasteiger partial charge in [0.25, 0.3) is 0 Å². The van der Waals surface area contributed by atoms with E-state index in [1.54, 1.807) is 11.8 Å². The maximum atomic E-state index is 6.19. The van der Waals surface area contributed by atoms with E-state index in [1.165, 1.54) is 10.5 Å². The van der Waals surface area contributed by atoms with E-state index in [-0.39, 0.29) is 6.04 Å². The van der Waals surface area contributed by atoms with E-state index in [4.69, 9.17) is 5.73 Å². The largest absolute Gasteiger partial charge is 0.323 e. The summed E-state index contributed by atoms with van der Waals surface area (Å²) < 4.78 is 0. The Balaban J connectivity index is 1.98. The molecule has 1 aromatic carbocycles. The topological polar surface area (TPSA) is 38.9 Å². The Hall–Kier alpha value is -1.32. The summed E-state index contributed by atoms with van der Waals surface area (Å²) in [7, 11) is 0. The minimum Gasteiger partial charge on any atom is -0.323 e. The molecule has 3 heteroatoms. The van der Waals surface area contributed by atoms with Crippen LogP contribution in [-0.2, 0) is 0 Å². The van der Waals surface area contributed by atoms with Gasteiger partial charge in [-0.15, -0.1) is 11.8 Å². The molecule has 2 rings (SSSR count). The molecule has 1 unspecified atom stereocenters. The van der Waals surface area contributed by atoms with Crippen LogP contribution in [0.5, 0.6) is 0 Å². The summed E-state index contributed by atoms with van der Waals surface area (Å²) in [5, 5.41) is 0. The van der Waals surface area contributed by atoms with Crippen LogP contribution >= 0.6 is 11.8 Å². The highest BCUT2D eigenvalue weighted by Gasteiger charge is 2.07. The number of aryl methyl sites for hydroxylation is 2. The Morgan fingerprint density at radius 1 is 1.17 bits per heavy atom. The van der Waals surface area contributed by atoms with Gasteiger partial charge in [0, 0.05) is 29.1 Å². The Morgan fingerprint density at radius 3 is 2.72 bits per heavy atom. The van der Waals surface area contributed by atoms with Crippen LogP contribution in [0.3, 0.4) is 0 Å². The van der Waals surface area contributed by atoms with Crippen molar-refractivity contribution in [2.75, 3.05) is 5.75 Å². The number of hydrogen-bond donors (Lipinski definition) is 1. The van der Waals surface area contributed by atoms with Crippen LogP contribution in [0.4, 0.5) is 0 Å². The zero-order valence-corrected chi connectivity index (χ0v) is 11.6. The van der Waals surface area contributed by atoms with Crippen molar-refractivity contribution < 1.29 is 0 Å². The number of rotatable bonds is 4. The highest BCUT2D eigenvalue weighted by atomic mass is 32.2. The number of thioether (sulfide) groups is 1. The fourth-order valence-corrected chi connectivity index (χ4v) is 2.78. The highest BCUT2D eigenvalue weighted by Crippen LogP contribution is 2.24. The van der Waals surface area contributed by atoms with Gasteiger partial charge in [0.1, 0.15) is 0 Å². The molecular weight excluding hydrogens is 240 g/mol. The lowest BCUT2D eigenvalue weighted by Crippen LogP contribution is -2.13. The van der Waals surface area contributed by atoms with Crippen LogP contribution in [0.25, 0.3) is 0 Å². The molecule has 0 saturated heterocycles. The number of hydrogen-bond acceptors (Lipinski definition) is 3. The first-order valence-corrected chi connectivity index (χ1v) is 7.00. The molecule has 1 heterocycles. The summed E-state index contributed by atoms with van der Waals surface area (Å²) in [5.74, 6) is 0.870. The van der Waals surface area contributed by atoms with E-state index in [1.807, 2.05) is 19.3 Å². The molecule has 0 spiro atoms. The van der Waals surface area contributed by atoms with Gasteiger partial charge >= 0.3 is 0 Å². The van der Waals surface area contributed by atoms with E-state index >= 15 is 0 Å². The zero-order chi connectivity index (χ0) is 13.0. The molecule has 0 radical (unpaired) electrons. The summed E-state index contributed by atoms with van der Waals surface area (Å²) in [5.41, 5.74) is 9.73. The molecule has 18 heavy (non-hydrogen) atoms. The molecule has 0 aliphatic carbocycles. The van der Waals surface area contributed by atoms with Crippen LogP contribution in [0.2, 0.25) is 0 Å². The third-order valence-electron chi connectivity index (χ3n) is 2.74. The second-order valence-electron chi connectivity index (χ2n) is 4.53. The third-order valence-corrected chi connectivity index (χ3v) is 3.86. The van der Waals surface area contributed by atoms with Gasteiger partial charge in [0.2, 0.25) is 0 Å². The average Bonchev–Trinajstić information content (AvgIpc) is 2.36. The molecule has 0 aliphatic rings. The third kappa shape index (κ3) is 3.59. The molecule has 0 bridgehead atoms. The summed E-state index contributed by atoms with van der Waals surface area (Å²) in [6.45, 7) is 4.14. The van der Waals surface area contributed by atoms with Crippen molar-refractivity contribution in [1.29, 1.82) is 0 Å². The minimum absolute atomic E-state index is 0.0305. The number of benzene rings is 1. The van der Waals surface area contributed by atoms with Crippen molar-refractivity contribution in [2.45, 2.75) is 24.8 Å². The van der Waals surface area contributed by atoms with Crippen LogP contribution in [0.15, 0.2) is 47.6 Å². The van der Waals surface area contributed by atoms with E-state index in [0.717, 1.165) is 16.9 Å². The molecule has 1 aromatic heterocycles. The number of aromatic nitrogens is 1. The fourth-order valence-electron chi connectivity index (χ4n) is 1.77. The quantitative estimate of drug-likeness (QED) is 0.853. The first-order chi connectivity index (χ1) is 8.65. The van der Waals surface area contributed by atoms with Crippen LogP contribution < -0.4 is 5.73 Å². The summed E-state index contributed by atoms with van der Waals surface area (Å²) in [4.78, 5) is 5.45. The molecule has 2 N–H and O–H groups in total. The van der Waals surface area contributed by atoms with Crippen LogP contribution in [-0.4, -0.2) is 10.7 Å². The zero-order valence-electron chi connectivity index (χ0n) is 10.8. The molecule has 0 saturated carbocycles. The first kappa shape index (κ1) is 13.1. The molecule has 0 amide bonds. The van der Waals surface area contributed by atoms with Gasteiger partial charge in [-0.2, -0.15) is 0 Å². The SMILES string of the molecule is Cc1cccc(SCC(N)c2cncc(C)c2)c1. The van der Waals surface area contributed by atoms with Crippen molar-refractivity contribution in [3.05, 3.63) is 59.4 Å². The number of nitrogens with zero attached hydrogens (tertiary/aromatic N) is 1. The molecule has 1 atom stereocenters. The van der Waals surface area contributed by atoms with E-state index in [0.29, 0.717) is 0 Å². The Kier molecular flexibility index (Phi) is 4.39. The van der Waals surface area contributed by atoms with Gasteiger partial charge in [0.05, 0.1) is 0 Å². The smallest absolute Gasteiger partial charge is 0.0405 e. The van der Waals surface area contributed by atoms with Gasteiger partial charge in [-0.05, 0) is 37.1 Å². The molecule has 2 nitrogen and oxygen atoms in total. The molecule has 2 aromatic rings. The fraction of sp³-hybridized carbons (Fsp3) is 0.267. The Morgan fingerprint density at radius 2 is 2.00 bits per heavy atom. The van der Waals surface area contributed by atoms with E-state index in [2.05, 4.69) is 42.2 Å². The lowest BCUT2D eigenvalue weighted by molar-refractivity contribution is 0.822. The van der Waals surface area contributed by atoms with Gasteiger partial charge in [-0.1, -0.05) is 23.8 Å². The highest BCUT2D eigenvalue weighted by molar-refractivity contribution is 7.99. The van der Waals surface area contributed by atoms with Gasteiger partial charge in [0.15, 0.2) is 0 Å². The first-order valence-electron chi connectivity index (χ1n) is 6.02. The van der Waals surface area contributed by atoms with E-state index in [9.17, 15) is 0 Å². The van der Waals surface area contributed by atoms with Crippen LogP contribution in [0, 0.1) is 13.8 Å². The van der Waals surface area contributed by atoms with E-state index < -0.39 is 0 Å². The molecule has 0 fully saturated rings. The van der Waals surface area contributed by atoms with Crippen molar-refractivity contribution in [2.24, 2.45) is 5.73 Å². The van der Waals surface area contributed by atoms with Gasteiger partial charge < -0.3 is 5.73 Å². The second kappa shape index (κ2) is 6.03. The van der Waals surface area contributed by atoms with Crippen molar-refractivity contribution in [3.63, 3.8) is 0 Å². The maximum Gasteiger partial charge on any atom is 0.0405 e. The average molecular weight is 258 g/mol. The Labute approximate surface area is 113 Å². The predicted octanol–water partition coefficient (Wildman–Crippen LogP) is 3.49. The maximum absolute atomic E-state index is 6.19. The van der Waals surface area contributed by atoms with Gasteiger partial charge in [-0.25, -0.2) is 0 Å².